The number of sulfone groups is 1. The van der Waals surface area contributed by atoms with Gasteiger partial charge in [0.05, 0.1) is 32.7 Å². The summed E-state index contributed by atoms with van der Waals surface area (Å²) >= 11 is 1.22. The number of benzene rings is 2. The Morgan fingerprint density at radius 3 is 2.35 bits per heavy atom. The average Bonchev–Trinajstić information content (AvgIpc) is 3.45. The summed E-state index contributed by atoms with van der Waals surface area (Å²) in [6.07, 6.45) is 2.72. The first kappa shape index (κ1) is 24.7. The van der Waals surface area contributed by atoms with Crippen molar-refractivity contribution in [2.45, 2.75) is 28.7 Å². The third-order valence-electron chi connectivity index (χ3n) is 5.54. The van der Waals surface area contributed by atoms with Gasteiger partial charge in [-0.1, -0.05) is 11.3 Å². The minimum absolute atomic E-state index is 0.0908. The second-order valence-electron chi connectivity index (χ2n) is 8.26. The van der Waals surface area contributed by atoms with Gasteiger partial charge < -0.3 is 4.74 Å². The number of ether oxygens (including phenoxy) is 1. The minimum Gasteiger partial charge on any atom is -0.376 e. The molecule has 1 unspecified atom stereocenters. The maximum absolute atomic E-state index is 13.5. The lowest BCUT2D eigenvalue weighted by Gasteiger charge is -2.23. The first-order chi connectivity index (χ1) is 16.0. The Hall–Kier alpha value is -2.38. The molecule has 1 aromatic heterocycles. The third-order valence-corrected chi connectivity index (χ3v) is 9.52. The van der Waals surface area contributed by atoms with Gasteiger partial charge in [0.15, 0.2) is 15.0 Å². The normalized spacial score (nSPS) is 16.9. The van der Waals surface area contributed by atoms with Gasteiger partial charge in [-0.05, 0) is 55.3 Å². The molecule has 0 spiro atoms. The summed E-state index contributed by atoms with van der Waals surface area (Å²) in [6, 6.07) is 10.5. The van der Waals surface area contributed by atoms with Gasteiger partial charge in [0.1, 0.15) is 0 Å². The molecule has 2 heterocycles. The van der Waals surface area contributed by atoms with Crippen molar-refractivity contribution >= 4 is 52.5 Å². The Labute approximate surface area is 202 Å². The average molecular weight is 524 g/mol. The molecule has 1 aliphatic rings. The van der Waals surface area contributed by atoms with E-state index in [-0.39, 0.29) is 28.3 Å². The first-order valence-electron chi connectivity index (χ1n) is 10.5. The molecule has 1 fully saturated rings. The maximum Gasteiger partial charge on any atom is 0.260 e. The predicted octanol–water partition coefficient (Wildman–Crippen LogP) is 2.78. The zero-order valence-corrected chi connectivity index (χ0v) is 21.4. The number of nitrogens with zero attached hydrogens (tertiary/aromatic N) is 3. The fraction of sp³-hybridized carbons (Fsp3) is 0.364. The summed E-state index contributed by atoms with van der Waals surface area (Å²) < 4.78 is 56.1. The van der Waals surface area contributed by atoms with Crippen molar-refractivity contribution < 1.29 is 26.4 Å². The van der Waals surface area contributed by atoms with Crippen molar-refractivity contribution in [3.8, 4) is 0 Å². The standard InChI is InChI=1S/C22H25N3O6S3/c1-24(2)34(29,30)17-8-6-15(7-9-17)21(26)25(14-16-5-4-12-31-16)22-23-19-11-10-18(33(3,27)28)13-20(19)32-22/h6-11,13,16H,4-5,12,14H2,1-3H3. The molecule has 0 radical (unpaired) electrons. The highest BCUT2D eigenvalue weighted by Crippen LogP contribution is 2.32. The van der Waals surface area contributed by atoms with Crippen molar-refractivity contribution in [1.29, 1.82) is 0 Å². The molecule has 9 nitrogen and oxygen atoms in total. The van der Waals surface area contributed by atoms with E-state index in [2.05, 4.69) is 4.98 Å². The molecular weight excluding hydrogens is 498 g/mol. The van der Waals surface area contributed by atoms with E-state index < -0.39 is 19.9 Å². The molecule has 0 bridgehead atoms. The number of hydrogen-bond donors (Lipinski definition) is 0. The Bertz CT molecular complexity index is 1420. The van der Waals surface area contributed by atoms with Gasteiger partial charge in [-0.3, -0.25) is 9.69 Å². The molecule has 0 aliphatic carbocycles. The Morgan fingerprint density at radius 2 is 1.76 bits per heavy atom. The van der Waals surface area contributed by atoms with Crippen molar-refractivity contribution in [2.75, 3.05) is 38.4 Å². The van der Waals surface area contributed by atoms with Gasteiger partial charge in [0, 0.05) is 32.5 Å². The summed E-state index contributed by atoms with van der Waals surface area (Å²) in [5.74, 6) is -0.341. The van der Waals surface area contributed by atoms with E-state index in [0.717, 1.165) is 23.4 Å². The van der Waals surface area contributed by atoms with E-state index in [0.29, 0.717) is 27.5 Å². The van der Waals surface area contributed by atoms with Gasteiger partial charge in [-0.15, -0.1) is 0 Å². The lowest BCUT2D eigenvalue weighted by Crippen LogP contribution is -2.37. The summed E-state index contributed by atoms with van der Waals surface area (Å²) in [6.45, 7) is 0.913. The molecule has 1 atom stereocenters. The number of rotatable bonds is 7. The number of carbonyl (C=O) groups excluding carboxylic acids is 1. The number of thiazole rings is 1. The van der Waals surface area contributed by atoms with Crippen LogP contribution in [-0.4, -0.2) is 71.6 Å². The smallest absolute Gasteiger partial charge is 0.260 e. The van der Waals surface area contributed by atoms with Crippen LogP contribution in [0.15, 0.2) is 52.3 Å². The number of amides is 1. The number of carbonyl (C=O) groups is 1. The molecular formula is C22H25N3O6S3. The lowest BCUT2D eigenvalue weighted by atomic mass is 10.2. The molecule has 12 heteroatoms. The van der Waals surface area contributed by atoms with Crippen molar-refractivity contribution in [2.24, 2.45) is 0 Å². The van der Waals surface area contributed by atoms with Gasteiger partial charge in [-0.2, -0.15) is 0 Å². The Kier molecular flexibility index (Phi) is 6.80. The van der Waals surface area contributed by atoms with Gasteiger partial charge in [0.2, 0.25) is 10.0 Å². The molecule has 182 valence electrons. The third kappa shape index (κ3) is 5.01. The molecule has 1 saturated heterocycles. The zero-order chi connectivity index (χ0) is 24.7. The van der Waals surface area contributed by atoms with E-state index in [9.17, 15) is 21.6 Å². The molecule has 0 saturated carbocycles. The molecule has 0 N–H and O–H groups in total. The van der Waals surface area contributed by atoms with Crippen LogP contribution in [0.5, 0.6) is 0 Å². The van der Waals surface area contributed by atoms with Crippen molar-refractivity contribution in [1.82, 2.24) is 9.29 Å². The van der Waals surface area contributed by atoms with Crippen LogP contribution in [0.3, 0.4) is 0 Å². The highest BCUT2D eigenvalue weighted by molar-refractivity contribution is 7.90. The molecule has 1 amide bonds. The molecule has 4 rings (SSSR count). The molecule has 1 aliphatic heterocycles. The minimum atomic E-state index is -3.61. The van der Waals surface area contributed by atoms with Gasteiger partial charge in [0.25, 0.3) is 5.91 Å². The zero-order valence-electron chi connectivity index (χ0n) is 19.0. The van der Waals surface area contributed by atoms with Crippen molar-refractivity contribution in [3.63, 3.8) is 0 Å². The fourth-order valence-electron chi connectivity index (χ4n) is 3.61. The second-order valence-corrected chi connectivity index (χ2v) is 13.4. The second kappa shape index (κ2) is 9.34. The van der Waals surface area contributed by atoms with Crippen LogP contribution in [0.2, 0.25) is 0 Å². The largest absolute Gasteiger partial charge is 0.376 e. The lowest BCUT2D eigenvalue weighted by molar-refractivity contribution is 0.0917. The quantitative estimate of drug-likeness (QED) is 0.468. The monoisotopic (exact) mass is 523 g/mol. The maximum atomic E-state index is 13.5. The van der Waals surface area contributed by atoms with E-state index in [1.165, 1.54) is 60.7 Å². The number of sulfonamides is 1. The van der Waals surface area contributed by atoms with Crippen LogP contribution in [-0.2, 0) is 24.6 Å². The highest BCUT2D eigenvalue weighted by atomic mass is 32.2. The van der Waals surface area contributed by atoms with Crippen LogP contribution < -0.4 is 4.90 Å². The molecule has 3 aromatic rings. The molecule has 34 heavy (non-hydrogen) atoms. The predicted molar refractivity (Wildman–Crippen MR) is 131 cm³/mol. The number of hydrogen-bond acceptors (Lipinski definition) is 8. The summed E-state index contributed by atoms with van der Waals surface area (Å²) in [5.41, 5.74) is 0.900. The van der Waals surface area contributed by atoms with Gasteiger partial charge in [-0.25, -0.2) is 26.1 Å². The van der Waals surface area contributed by atoms with Crippen LogP contribution >= 0.6 is 11.3 Å². The molecule has 2 aromatic carbocycles. The first-order valence-corrected chi connectivity index (χ1v) is 14.7. The SMILES string of the molecule is CN(C)S(=O)(=O)c1ccc(C(=O)N(CC2CCCO2)c2nc3ccc(S(C)(=O)=O)cc3s2)cc1. The number of aromatic nitrogens is 1. The van der Waals surface area contributed by atoms with E-state index >= 15 is 0 Å². The fourth-order valence-corrected chi connectivity index (χ4v) is 6.25. The topological polar surface area (TPSA) is 114 Å². The highest BCUT2D eigenvalue weighted by Gasteiger charge is 2.28. The van der Waals surface area contributed by atoms with Crippen LogP contribution in [0.25, 0.3) is 10.2 Å². The Balaban J connectivity index is 1.71. The van der Waals surface area contributed by atoms with Gasteiger partial charge >= 0.3 is 0 Å². The Morgan fingerprint density at radius 1 is 1.09 bits per heavy atom. The van der Waals surface area contributed by atoms with Crippen LogP contribution in [0.4, 0.5) is 5.13 Å². The van der Waals surface area contributed by atoms with Crippen molar-refractivity contribution in [3.05, 3.63) is 48.0 Å². The van der Waals surface area contributed by atoms with Crippen LogP contribution in [0.1, 0.15) is 23.2 Å². The van der Waals surface area contributed by atoms with Crippen LogP contribution in [0, 0.1) is 0 Å². The summed E-state index contributed by atoms with van der Waals surface area (Å²) in [7, 11) is -4.11. The van der Waals surface area contributed by atoms with E-state index in [1.54, 1.807) is 12.1 Å². The summed E-state index contributed by atoms with van der Waals surface area (Å²) in [5, 5.41) is 0.422. The number of fused-ring (bicyclic) bond motifs is 1. The number of anilines is 1. The van der Waals surface area contributed by atoms with E-state index in [4.69, 9.17) is 4.74 Å². The van der Waals surface area contributed by atoms with E-state index in [1.807, 2.05) is 0 Å². The summed E-state index contributed by atoms with van der Waals surface area (Å²) in [4.78, 5) is 19.9.